The summed E-state index contributed by atoms with van der Waals surface area (Å²) in [6, 6.07) is 11.5. The molecule has 4 heteroatoms. The van der Waals surface area contributed by atoms with Crippen LogP contribution >= 0.6 is 0 Å². The number of carbonyl (C=O) groups is 1. The lowest BCUT2D eigenvalue weighted by molar-refractivity contribution is 0.102. The molecule has 0 fully saturated rings. The number of aryl methyl sites for hydroxylation is 1. The van der Waals surface area contributed by atoms with Gasteiger partial charge in [0, 0.05) is 17.9 Å². The third-order valence-corrected chi connectivity index (χ3v) is 3.07. The largest absolute Gasteiger partial charge is 0.384 e. The molecule has 3 nitrogen and oxygen atoms in total. The number of rotatable bonds is 5. The van der Waals surface area contributed by atoms with Crippen molar-refractivity contribution in [3.05, 3.63) is 59.4 Å². The van der Waals surface area contributed by atoms with E-state index in [-0.39, 0.29) is 11.7 Å². The Kier molecular flexibility index (Phi) is 4.93. The van der Waals surface area contributed by atoms with Crippen molar-refractivity contribution >= 4 is 17.3 Å². The zero-order valence-corrected chi connectivity index (χ0v) is 12.2. The highest BCUT2D eigenvalue weighted by Crippen LogP contribution is 2.19. The van der Waals surface area contributed by atoms with Crippen LogP contribution in [0.3, 0.4) is 0 Å². The maximum absolute atomic E-state index is 13.2. The van der Waals surface area contributed by atoms with Crippen LogP contribution in [0.15, 0.2) is 42.5 Å². The second-order valence-corrected chi connectivity index (χ2v) is 4.94. The number of benzene rings is 2. The van der Waals surface area contributed by atoms with Gasteiger partial charge in [0.2, 0.25) is 0 Å². The predicted octanol–water partition coefficient (Wildman–Crippen LogP) is 4.21. The van der Waals surface area contributed by atoms with Gasteiger partial charge >= 0.3 is 0 Å². The third kappa shape index (κ3) is 4.05. The van der Waals surface area contributed by atoms with E-state index in [1.54, 1.807) is 12.1 Å². The standard InChI is InChI=1S/C17H19FN2O/c1-3-9-19-16-8-7-12(2)10-15(16)17(21)20-14-6-4-5-13(18)11-14/h4-8,10-11,19H,3,9H2,1-2H3,(H,20,21). The van der Waals surface area contributed by atoms with Crippen LogP contribution in [0.25, 0.3) is 0 Å². The first-order chi connectivity index (χ1) is 10.1. The topological polar surface area (TPSA) is 41.1 Å². The van der Waals surface area contributed by atoms with Crippen LogP contribution < -0.4 is 10.6 Å². The Balaban J connectivity index is 2.23. The molecule has 0 bridgehead atoms. The molecule has 2 N–H and O–H groups in total. The van der Waals surface area contributed by atoms with E-state index in [0.717, 1.165) is 24.2 Å². The summed E-state index contributed by atoms with van der Waals surface area (Å²) in [6.45, 7) is 4.79. The van der Waals surface area contributed by atoms with Crippen LogP contribution in [-0.4, -0.2) is 12.5 Å². The van der Waals surface area contributed by atoms with Gasteiger partial charge in [-0.3, -0.25) is 4.79 Å². The Morgan fingerprint density at radius 2 is 2.00 bits per heavy atom. The zero-order valence-electron chi connectivity index (χ0n) is 12.2. The van der Waals surface area contributed by atoms with E-state index < -0.39 is 0 Å². The van der Waals surface area contributed by atoms with Gasteiger partial charge in [0.25, 0.3) is 5.91 Å². The molecule has 2 aromatic carbocycles. The number of carbonyl (C=O) groups excluding carboxylic acids is 1. The first-order valence-electron chi connectivity index (χ1n) is 7.01. The van der Waals surface area contributed by atoms with Gasteiger partial charge in [-0.05, 0) is 43.7 Å². The summed E-state index contributed by atoms with van der Waals surface area (Å²) in [6.07, 6.45) is 0.971. The average Bonchev–Trinajstić information content (AvgIpc) is 2.46. The molecule has 0 saturated heterocycles. The Morgan fingerprint density at radius 1 is 1.19 bits per heavy atom. The van der Waals surface area contributed by atoms with E-state index in [2.05, 4.69) is 17.6 Å². The Hall–Kier alpha value is -2.36. The van der Waals surface area contributed by atoms with Gasteiger partial charge in [-0.1, -0.05) is 24.6 Å². The Bertz CT molecular complexity index is 640. The third-order valence-electron chi connectivity index (χ3n) is 3.07. The lowest BCUT2D eigenvalue weighted by Gasteiger charge is -2.12. The van der Waals surface area contributed by atoms with E-state index >= 15 is 0 Å². The van der Waals surface area contributed by atoms with Gasteiger partial charge in [0.05, 0.1) is 5.56 Å². The number of nitrogens with one attached hydrogen (secondary N) is 2. The summed E-state index contributed by atoms with van der Waals surface area (Å²) in [5, 5.41) is 5.96. The van der Waals surface area contributed by atoms with E-state index in [1.165, 1.54) is 12.1 Å². The molecule has 1 amide bonds. The Morgan fingerprint density at radius 3 is 2.71 bits per heavy atom. The molecule has 21 heavy (non-hydrogen) atoms. The number of hydrogen-bond acceptors (Lipinski definition) is 2. The summed E-state index contributed by atoms with van der Waals surface area (Å²) in [7, 11) is 0. The minimum Gasteiger partial charge on any atom is -0.384 e. The quantitative estimate of drug-likeness (QED) is 0.864. The van der Waals surface area contributed by atoms with Crippen molar-refractivity contribution in [1.29, 1.82) is 0 Å². The van der Waals surface area contributed by atoms with E-state index in [0.29, 0.717) is 11.3 Å². The molecule has 0 aromatic heterocycles. The molecule has 0 unspecified atom stereocenters. The summed E-state index contributed by atoms with van der Waals surface area (Å²) >= 11 is 0. The monoisotopic (exact) mass is 286 g/mol. The molecule has 0 aliphatic heterocycles. The second-order valence-electron chi connectivity index (χ2n) is 4.94. The maximum atomic E-state index is 13.2. The lowest BCUT2D eigenvalue weighted by Crippen LogP contribution is -2.15. The van der Waals surface area contributed by atoms with Gasteiger partial charge in [-0.2, -0.15) is 0 Å². The van der Waals surface area contributed by atoms with Crippen LogP contribution in [0.2, 0.25) is 0 Å². The highest BCUT2D eigenvalue weighted by atomic mass is 19.1. The van der Waals surface area contributed by atoms with E-state index in [9.17, 15) is 9.18 Å². The lowest BCUT2D eigenvalue weighted by atomic mass is 10.1. The highest BCUT2D eigenvalue weighted by Gasteiger charge is 2.12. The van der Waals surface area contributed by atoms with Crippen molar-refractivity contribution in [1.82, 2.24) is 0 Å². The first-order valence-corrected chi connectivity index (χ1v) is 7.01. The van der Waals surface area contributed by atoms with Gasteiger partial charge in [0.15, 0.2) is 0 Å². The van der Waals surface area contributed by atoms with Gasteiger partial charge in [-0.25, -0.2) is 4.39 Å². The predicted molar refractivity (Wildman–Crippen MR) is 84.3 cm³/mol. The van der Waals surface area contributed by atoms with Crippen LogP contribution in [0.5, 0.6) is 0 Å². The highest BCUT2D eigenvalue weighted by molar-refractivity contribution is 6.08. The van der Waals surface area contributed by atoms with Crippen molar-refractivity contribution in [2.24, 2.45) is 0 Å². The summed E-state index contributed by atoms with van der Waals surface area (Å²) < 4.78 is 13.2. The summed E-state index contributed by atoms with van der Waals surface area (Å²) in [5.41, 5.74) is 2.80. The first kappa shape index (κ1) is 15.0. The van der Waals surface area contributed by atoms with E-state index in [1.807, 2.05) is 25.1 Å². The second kappa shape index (κ2) is 6.88. The van der Waals surface area contributed by atoms with Crippen molar-refractivity contribution in [2.45, 2.75) is 20.3 Å². The molecule has 0 atom stereocenters. The molecular weight excluding hydrogens is 267 g/mol. The molecule has 2 rings (SSSR count). The van der Waals surface area contributed by atoms with Gasteiger partial charge < -0.3 is 10.6 Å². The van der Waals surface area contributed by atoms with Gasteiger partial charge in [0.1, 0.15) is 5.82 Å². The molecule has 2 aromatic rings. The fourth-order valence-corrected chi connectivity index (χ4v) is 2.02. The zero-order chi connectivity index (χ0) is 15.2. The molecule has 0 aliphatic carbocycles. The maximum Gasteiger partial charge on any atom is 0.257 e. The molecule has 0 aliphatic rings. The Labute approximate surface area is 124 Å². The van der Waals surface area contributed by atoms with Crippen LogP contribution in [0.1, 0.15) is 29.3 Å². The van der Waals surface area contributed by atoms with Crippen LogP contribution in [-0.2, 0) is 0 Å². The number of hydrogen-bond donors (Lipinski definition) is 2. The van der Waals surface area contributed by atoms with Crippen molar-refractivity contribution in [3.63, 3.8) is 0 Å². The summed E-state index contributed by atoms with van der Waals surface area (Å²) in [5.74, 6) is -0.621. The molecule has 0 spiro atoms. The van der Waals surface area contributed by atoms with Crippen LogP contribution in [0, 0.1) is 12.7 Å². The average molecular weight is 286 g/mol. The van der Waals surface area contributed by atoms with Crippen LogP contribution in [0.4, 0.5) is 15.8 Å². The van der Waals surface area contributed by atoms with Crippen molar-refractivity contribution in [2.75, 3.05) is 17.2 Å². The number of anilines is 2. The minimum atomic E-state index is -0.374. The SMILES string of the molecule is CCCNc1ccc(C)cc1C(=O)Nc1cccc(F)c1. The fourth-order valence-electron chi connectivity index (χ4n) is 2.02. The van der Waals surface area contributed by atoms with Crippen molar-refractivity contribution < 1.29 is 9.18 Å². The normalized spacial score (nSPS) is 10.2. The van der Waals surface area contributed by atoms with Crippen molar-refractivity contribution in [3.8, 4) is 0 Å². The minimum absolute atomic E-state index is 0.247. The fraction of sp³-hybridized carbons (Fsp3) is 0.235. The van der Waals surface area contributed by atoms with Gasteiger partial charge in [-0.15, -0.1) is 0 Å². The molecule has 110 valence electrons. The molecular formula is C17H19FN2O. The number of amides is 1. The summed E-state index contributed by atoms with van der Waals surface area (Å²) in [4.78, 5) is 12.4. The molecule has 0 heterocycles. The molecule has 0 saturated carbocycles. The smallest absolute Gasteiger partial charge is 0.257 e. The van der Waals surface area contributed by atoms with E-state index in [4.69, 9.17) is 0 Å². The number of halogens is 1. The molecule has 0 radical (unpaired) electrons.